The van der Waals surface area contributed by atoms with E-state index in [1.165, 1.54) is 13.4 Å². The van der Waals surface area contributed by atoms with E-state index < -0.39 is 0 Å². The molecule has 0 saturated heterocycles. The molecule has 0 radical (unpaired) electrons. The molecule has 7 heteroatoms. The van der Waals surface area contributed by atoms with Crippen LogP contribution in [0.5, 0.6) is 5.88 Å². The molecule has 98 valence electrons. The standard InChI is InChI=1S/C12H12N4O3/c1-18-10-4-9(13-6-14-10)11-15-8-2-3-19-5-7(8)12(17)16-11/h4,6H,2-3,5H2,1H3,(H,15,16,17). The van der Waals surface area contributed by atoms with Crippen molar-refractivity contribution in [1.29, 1.82) is 0 Å². The van der Waals surface area contributed by atoms with Crippen molar-refractivity contribution in [3.05, 3.63) is 34.0 Å². The van der Waals surface area contributed by atoms with Gasteiger partial charge in [0.05, 0.1) is 31.6 Å². The second kappa shape index (κ2) is 4.77. The highest BCUT2D eigenvalue weighted by atomic mass is 16.5. The number of aromatic amines is 1. The molecule has 1 aliphatic rings. The Morgan fingerprint density at radius 3 is 3.16 bits per heavy atom. The van der Waals surface area contributed by atoms with Crippen molar-refractivity contribution in [2.24, 2.45) is 0 Å². The Bertz CT molecular complexity index is 668. The molecular formula is C12H12N4O3. The number of ether oxygens (including phenoxy) is 2. The minimum absolute atomic E-state index is 0.183. The first-order valence-corrected chi connectivity index (χ1v) is 5.84. The molecule has 3 heterocycles. The maximum Gasteiger partial charge on any atom is 0.256 e. The predicted octanol–water partition coefficient (Wildman–Crippen LogP) is 0.308. The maximum atomic E-state index is 12.0. The number of aromatic nitrogens is 4. The second-order valence-corrected chi connectivity index (χ2v) is 4.09. The Hall–Kier alpha value is -2.28. The van der Waals surface area contributed by atoms with Gasteiger partial charge in [-0.2, -0.15) is 0 Å². The first kappa shape index (κ1) is 11.8. The molecule has 0 spiro atoms. The van der Waals surface area contributed by atoms with Crippen molar-refractivity contribution >= 4 is 0 Å². The van der Waals surface area contributed by atoms with Gasteiger partial charge in [0.2, 0.25) is 5.88 Å². The maximum absolute atomic E-state index is 12.0. The lowest BCUT2D eigenvalue weighted by Crippen LogP contribution is -2.24. The number of fused-ring (bicyclic) bond motifs is 1. The normalized spacial score (nSPS) is 13.9. The van der Waals surface area contributed by atoms with Gasteiger partial charge in [0, 0.05) is 12.5 Å². The van der Waals surface area contributed by atoms with Crippen LogP contribution in [0, 0.1) is 0 Å². The van der Waals surface area contributed by atoms with E-state index in [1.807, 2.05) is 0 Å². The number of nitrogens with one attached hydrogen (secondary N) is 1. The molecule has 2 aromatic rings. The van der Waals surface area contributed by atoms with Gasteiger partial charge < -0.3 is 14.5 Å². The lowest BCUT2D eigenvalue weighted by molar-refractivity contribution is 0.108. The molecule has 0 aromatic carbocycles. The minimum atomic E-state index is -0.183. The van der Waals surface area contributed by atoms with E-state index in [1.54, 1.807) is 6.07 Å². The smallest absolute Gasteiger partial charge is 0.256 e. The van der Waals surface area contributed by atoms with Crippen LogP contribution in [0.3, 0.4) is 0 Å². The number of rotatable bonds is 2. The molecule has 0 aliphatic carbocycles. The van der Waals surface area contributed by atoms with Gasteiger partial charge in [-0.05, 0) is 0 Å². The van der Waals surface area contributed by atoms with E-state index in [0.29, 0.717) is 42.6 Å². The zero-order chi connectivity index (χ0) is 13.2. The van der Waals surface area contributed by atoms with Gasteiger partial charge in [-0.1, -0.05) is 0 Å². The number of methoxy groups -OCH3 is 1. The zero-order valence-electron chi connectivity index (χ0n) is 10.3. The van der Waals surface area contributed by atoms with Gasteiger partial charge >= 0.3 is 0 Å². The summed E-state index contributed by atoms with van der Waals surface area (Å²) in [6, 6.07) is 1.63. The van der Waals surface area contributed by atoms with Gasteiger partial charge in [-0.15, -0.1) is 0 Å². The molecule has 0 fully saturated rings. The highest BCUT2D eigenvalue weighted by Gasteiger charge is 2.17. The van der Waals surface area contributed by atoms with Crippen LogP contribution in [0.15, 0.2) is 17.2 Å². The summed E-state index contributed by atoms with van der Waals surface area (Å²) < 4.78 is 10.3. The average molecular weight is 260 g/mol. The van der Waals surface area contributed by atoms with E-state index in [9.17, 15) is 4.79 Å². The Morgan fingerprint density at radius 2 is 2.32 bits per heavy atom. The van der Waals surface area contributed by atoms with E-state index in [0.717, 1.165) is 5.69 Å². The highest BCUT2D eigenvalue weighted by molar-refractivity contribution is 5.50. The van der Waals surface area contributed by atoms with Crippen LogP contribution in [0.25, 0.3) is 11.5 Å². The molecule has 1 aliphatic heterocycles. The fraction of sp³-hybridized carbons (Fsp3) is 0.333. The molecule has 3 rings (SSSR count). The van der Waals surface area contributed by atoms with E-state index >= 15 is 0 Å². The van der Waals surface area contributed by atoms with Crippen molar-refractivity contribution in [2.45, 2.75) is 13.0 Å². The Labute approximate surface area is 108 Å². The third-order valence-electron chi connectivity index (χ3n) is 2.92. The molecule has 7 nitrogen and oxygen atoms in total. The van der Waals surface area contributed by atoms with Crippen LogP contribution in [-0.2, 0) is 17.8 Å². The summed E-state index contributed by atoms with van der Waals surface area (Å²) in [6.45, 7) is 0.890. The fourth-order valence-electron chi connectivity index (χ4n) is 1.95. The minimum Gasteiger partial charge on any atom is -0.481 e. The summed E-state index contributed by atoms with van der Waals surface area (Å²) in [5.74, 6) is 0.847. The van der Waals surface area contributed by atoms with Crippen LogP contribution in [0.4, 0.5) is 0 Å². The van der Waals surface area contributed by atoms with E-state index in [-0.39, 0.29) is 5.56 Å². The van der Waals surface area contributed by atoms with Crippen molar-refractivity contribution in [2.75, 3.05) is 13.7 Å². The number of hydrogen-bond acceptors (Lipinski definition) is 6. The Balaban J connectivity index is 2.10. The Morgan fingerprint density at radius 1 is 1.42 bits per heavy atom. The summed E-state index contributed by atoms with van der Waals surface area (Å²) in [5, 5.41) is 0. The topological polar surface area (TPSA) is 90.0 Å². The van der Waals surface area contributed by atoms with Crippen molar-refractivity contribution in [3.8, 4) is 17.4 Å². The summed E-state index contributed by atoms with van der Waals surface area (Å²) in [7, 11) is 1.52. The molecule has 0 atom stereocenters. The lowest BCUT2D eigenvalue weighted by atomic mass is 10.1. The predicted molar refractivity (Wildman–Crippen MR) is 65.8 cm³/mol. The summed E-state index contributed by atoms with van der Waals surface area (Å²) in [5.41, 5.74) is 1.70. The molecule has 1 N–H and O–H groups in total. The molecular weight excluding hydrogens is 248 g/mol. The van der Waals surface area contributed by atoms with Crippen molar-refractivity contribution in [1.82, 2.24) is 19.9 Å². The largest absolute Gasteiger partial charge is 0.481 e. The number of hydrogen-bond donors (Lipinski definition) is 1. The van der Waals surface area contributed by atoms with E-state index in [2.05, 4.69) is 19.9 Å². The lowest BCUT2D eigenvalue weighted by Gasteiger charge is -2.15. The summed E-state index contributed by atoms with van der Waals surface area (Å²) in [4.78, 5) is 27.1. The average Bonchev–Trinajstić information content (AvgIpc) is 2.47. The zero-order valence-corrected chi connectivity index (χ0v) is 10.3. The van der Waals surface area contributed by atoms with Gasteiger partial charge in [-0.3, -0.25) is 4.79 Å². The molecule has 0 unspecified atom stereocenters. The molecule has 0 saturated carbocycles. The van der Waals surface area contributed by atoms with Crippen LogP contribution < -0.4 is 10.3 Å². The molecule has 2 aromatic heterocycles. The number of H-pyrrole nitrogens is 1. The number of nitrogens with zero attached hydrogens (tertiary/aromatic N) is 3. The van der Waals surface area contributed by atoms with E-state index in [4.69, 9.17) is 9.47 Å². The van der Waals surface area contributed by atoms with Crippen LogP contribution in [-0.4, -0.2) is 33.7 Å². The monoisotopic (exact) mass is 260 g/mol. The van der Waals surface area contributed by atoms with Gasteiger partial charge in [0.15, 0.2) is 5.82 Å². The van der Waals surface area contributed by atoms with Crippen LogP contribution in [0.1, 0.15) is 11.3 Å². The third-order valence-corrected chi connectivity index (χ3v) is 2.92. The third kappa shape index (κ3) is 2.19. The highest BCUT2D eigenvalue weighted by Crippen LogP contribution is 2.17. The molecule has 19 heavy (non-hydrogen) atoms. The summed E-state index contributed by atoms with van der Waals surface area (Å²) >= 11 is 0. The second-order valence-electron chi connectivity index (χ2n) is 4.09. The Kier molecular flexibility index (Phi) is 2.96. The van der Waals surface area contributed by atoms with Crippen molar-refractivity contribution in [3.63, 3.8) is 0 Å². The summed E-state index contributed by atoms with van der Waals surface area (Å²) in [6.07, 6.45) is 2.01. The molecule has 0 amide bonds. The van der Waals surface area contributed by atoms with Crippen LogP contribution in [0.2, 0.25) is 0 Å². The van der Waals surface area contributed by atoms with Crippen LogP contribution >= 0.6 is 0 Å². The van der Waals surface area contributed by atoms with Gasteiger partial charge in [0.1, 0.15) is 12.0 Å². The fourth-order valence-corrected chi connectivity index (χ4v) is 1.95. The first-order chi connectivity index (χ1) is 9.28. The SMILES string of the molecule is COc1cc(-c2nc3c(c(=O)[nH]2)COCC3)ncn1. The van der Waals surface area contributed by atoms with Gasteiger partial charge in [0.25, 0.3) is 5.56 Å². The van der Waals surface area contributed by atoms with Crippen molar-refractivity contribution < 1.29 is 9.47 Å². The molecule has 0 bridgehead atoms. The quantitative estimate of drug-likeness (QED) is 0.835. The van der Waals surface area contributed by atoms with Gasteiger partial charge in [-0.25, -0.2) is 15.0 Å². The first-order valence-electron chi connectivity index (χ1n) is 5.84.